The van der Waals surface area contributed by atoms with E-state index in [2.05, 4.69) is 10.6 Å². The van der Waals surface area contributed by atoms with Crippen molar-refractivity contribution in [3.63, 3.8) is 0 Å². The van der Waals surface area contributed by atoms with Crippen LogP contribution in [-0.2, 0) is 6.54 Å². The van der Waals surface area contributed by atoms with Crippen LogP contribution in [0.15, 0.2) is 42.5 Å². The highest BCUT2D eigenvalue weighted by Gasteiger charge is 2.39. The smallest absolute Gasteiger partial charge is 0.454 e. The lowest BCUT2D eigenvalue weighted by Gasteiger charge is -2.29. The maximum Gasteiger partial charge on any atom is 0.454 e. The van der Waals surface area contributed by atoms with Gasteiger partial charge in [0.05, 0.1) is 6.61 Å². The summed E-state index contributed by atoms with van der Waals surface area (Å²) in [6.07, 6.45) is -0.343. The molecule has 1 saturated carbocycles. The minimum Gasteiger partial charge on any atom is -0.494 e. The lowest BCUT2D eigenvalue weighted by atomic mass is 9.91. The minimum absolute atomic E-state index is 0. The Balaban J connectivity index is 0.00000363. The van der Waals surface area contributed by atoms with Gasteiger partial charge in [0.1, 0.15) is 5.75 Å². The summed E-state index contributed by atoms with van der Waals surface area (Å²) in [6, 6.07) is 12.4. The number of ether oxygens (including phenoxy) is 1. The monoisotopic (exact) mass is 470 g/mol. The summed E-state index contributed by atoms with van der Waals surface area (Å²) in [5.74, 6) is -1.03. The number of benzene rings is 2. The Bertz CT molecular complexity index is 880. The molecule has 176 valence electrons. The second kappa shape index (κ2) is 11.7. The molecule has 0 unspecified atom stereocenters. The number of nitrogens with one attached hydrogen (secondary N) is 2. The Labute approximate surface area is 193 Å². The van der Waals surface area contributed by atoms with Crippen LogP contribution in [0, 0.1) is 0 Å². The Morgan fingerprint density at radius 3 is 2.16 bits per heavy atom. The molecule has 1 fully saturated rings. The van der Waals surface area contributed by atoms with Gasteiger partial charge in [-0.1, -0.05) is 30.3 Å². The first-order valence-electron chi connectivity index (χ1n) is 10.7. The molecule has 4 nitrogen and oxygen atoms in total. The van der Waals surface area contributed by atoms with Crippen LogP contribution in [-0.4, -0.2) is 37.7 Å². The number of hydrogen-bond acceptors (Lipinski definition) is 4. The van der Waals surface area contributed by atoms with Gasteiger partial charge in [-0.3, -0.25) is 4.79 Å². The zero-order valence-corrected chi connectivity index (χ0v) is 19.1. The fourth-order valence-corrected chi connectivity index (χ4v) is 4.01. The average molecular weight is 471 g/mol. The summed E-state index contributed by atoms with van der Waals surface area (Å²) in [7, 11) is 2.00. The molecule has 0 saturated heterocycles. The van der Waals surface area contributed by atoms with E-state index in [1.807, 2.05) is 32.2 Å². The lowest BCUT2D eigenvalue weighted by molar-refractivity contribution is -0.0885. The fourth-order valence-electron chi connectivity index (χ4n) is 4.01. The highest BCUT2D eigenvalue weighted by atomic mass is 35.5. The molecule has 32 heavy (non-hydrogen) atoms. The van der Waals surface area contributed by atoms with E-state index in [9.17, 15) is 18.0 Å². The molecular weight excluding hydrogens is 441 g/mol. The minimum atomic E-state index is -4.87. The van der Waals surface area contributed by atoms with Crippen molar-refractivity contribution in [2.24, 2.45) is 0 Å². The molecule has 0 radical (unpaired) electrons. The van der Waals surface area contributed by atoms with Crippen LogP contribution in [0.5, 0.6) is 5.75 Å². The first kappa shape index (κ1) is 26.2. The lowest BCUT2D eigenvalue weighted by Crippen LogP contribution is -2.38. The summed E-state index contributed by atoms with van der Waals surface area (Å²) in [5.41, 5.74) is 2.26. The van der Waals surface area contributed by atoms with Crippen LogP contribution >= 0.6 is 12.4 Å². The van der Waals surface area contributed by atoms with E-state index in [-0.39, 0.29) is 18.0 Å². The van der Waals surface area contributed by atoms with E-state index in [1.54, 1.807) is 12.1 Å². The largest absolute Gasteiger partial charge is 0.494 e. The summed E-state index contributed by atoms with van der Waals surface area (Å²) >= 11 is 0. The molecule has 8 heteroatoms. The number of carbonyl (C=O) groups excluding carboxylic acids is 1. The molecule has 3 rings (SSSR count). The number of rotatable bonds is 8. The van der Waals surface area contributed by atoms with Crippen molar-refractivity contribution < 1.29 is 22.7 Å². The fraction of sp³-hybridized carbons (Fsp3) is 0.458. The molecule has 0 spiro atoms. The topological polar surface area (TPSA) is 50.4 Å². The Morgan fingerprint density at radius 1 is 1.00 bits per heavy atom. The molecular formula is C24H30ClF3N2O2. The quantitative estimate of drug-likeness (QED) is 0.497. The van der Waals surface area contributed by atoms with Gasteiger partial charge in [-0.2, -0.15) is 13.2 Å². The van der Waals surface area contributed by atoms with Crippen LogP contribution in [0.4, 0.5) is 13.2 Å². The van der Waals surface area contributed by atoms with Crippen molar-refractivity contribution in [1.82, 2.24) is 10.6 Å². The van der Waals surface area contributed by atoms with Crippen LogP contribution in [0.2, 0.25) is 0 Å². The van der Waals surface area contributed by atoms with E-state index in [4.69, 9.17) is 4.74 Å². The van der Waals surface area contributed by atoms with Crippen LogP contribution in [0.1, 0.15) is 48.5 Å². The van der Waals surface area contributed by atoms with Crippen molar-refractivity contribution >= 4 is 18.2 Å². The van der Waals surface area contributed by atoms with E-state index in [0.717, 1.165) is 48.1 Å². The zero-order valence-electron chi connectivity index (χ0n) is 18.3. The van der Waals surface area contributed by atoms with Gasteiger partial charge < -0.3 is 15.4 Å². The molecule has 0 aromatic heterocycles. The van der Waals surface area contributed by atoms with Gasteiger partial charge in [0.15, 0.2) is 0 Å². The predicted octanol–water partition coefficient (Wildman–Crippen LogP) is 5.54. The molecule has 2 aromatic rings. The van der Waals surface area contributed by atoms with Crippen molar-refractivity contribution in [1.29, 1.82) is 0 Å². The van der Waals surface area contributed by atoms with E-state index < -0.39 is 12.0 Å². The van der Waals surface area contributed by atoms with Crippen LogP contribution in [0.3, 0.4) is 0 Å². The molecule has 2 N–H and O–H groups in total. The summed E-state index contributed by atoms with van der Waals surface area (Å²) in [5, 5.41) is 6.96. The predicted molar refractivity (Wildman–Crippen MR) is 123 cm³/mol. The van der Waals surface area contributed by atoms with E-state index >= 15 is 0 Å². The SMILES string of the molecule is CCOc1ccc(-c2ccc(C(=O)C(F)(F)F)cc2)cc1CNC1CCC(NC)CC1.Cl. The van der Waals surface area contributed by atoms with Crippen LogP contribution in [0.25, 0.3) is 11.1 Å². The van der Waals surface area contributed by atoms with Gasteiger partial charge in [0.2, 0.25) is 0 Å². The highest BCUT2D eigenvalue weighted by Crippen LogP contribution is 2.29. The molecule has 1 aliphatic carbocycles. The maximum absolute atomic E-state index is 12.6. The summed E-state index contributed by atoms with van der Waals surface area (Å²) < 4.78 is 43.7. The number of hydrogen-bond donors (Lipinski definition) is 2. The summed E-state index contributed by atoms with van der Waals surface area (Å²) in [6.45, 7) is 3.14. The van der Waals surface area contributed by atoms with Gasteiger partial charge in [-0.15, -0.1) is 12.4 Å². The maximum atomic E-state index is 12.6. The van der Waals surface area contributed by atoms with E-state index in [1.165, 1.54) is 12.1 Å². The number of ketones is 1. The Hall–Kier alpha value is -2.09. The third-order valence-electron chi connectivity index (χ3n) is 5.81. The normalized spacial score (nSPS) is 18.7. The number of halogens is 4. The molecule has 0 aliphatic heterocycles. The van der Waals surface area contributed by atoms with E-state index in [0.29, 0.717) is 25.2 Å². The zero-order chi connectivity index (χ0) is 22.4. The van der Waals surface area contributed by atoms with Crippen molar-refractivity contribution in [2.45, 2.75) is 57.4 Å². The van der Waals surface area contributed by atoms with Gasteiger partial charge >= 0.3 is 6.18 Å². The van der Waals surface area contributed by atoms with Gasteiger partial charge in [0.25, 0.3) is 5.78 Å². The van der Waals surface area contributed by atoms with Gasteiger partial charge in [-0.25, -0.2) is 0 Å². The second-order valence-corrected chi connectivity index (χ2v) is 7.88. The number of Topliss-reactive ketones (excluding diaryl/α,β-unsaturated/α-hetero) is 1. The standard InChI is InChI=1S/C24H29F3N2O2.ClH/c1-3-31-22-13-8-18(16-4-6-17(7-5-16)23(30)24(25,26)27)14-19(22)15-29-21-11-9-20(28-2)10-12-21;/h4-8,13-14,20-21,28-29H,3,9-12,15H2,1-2H3;1H. The van der Waals surface area contributed by atoms with Crippen molar-refractivity contribution in [2.75, 3.05) is 13.7 Å². The van der Waals surface area contributed by atoms with Crippen molar-refractivity contribution in [3.05, 3.63) is 53.6 Å². The number of alkyl halides is 3. The highest BCUT2D eigenvalue weighted by molar-refractivity contribution is 6.00. The third kappa shape index (κ3) is 6.70. The molecule has 0 bridgehead atoms. The summed E-state index contributed by atoms with van der Waals surface area (Å²) in [4.78, 5) is 11.4. The molecule has 1 aliphatic rings. The molecule has 0 amide bonds. The first-order chi connectivity index (χ1) is 14.8. The number of carbonyl (C=O) groups is 1. The molecule has 2 aromatic carbocycles. The second-order valence-electron chi connectivity index (χ2n) is 7.88. The van der Waals surface area contributed by atoms with Crippen LogP contribution < -0.4 is 15.4 Å². The Morgan fingerprint density at radius 2 is 1.59 bits per heavy atom. The Kier molecular flexibility index (Phi) is 9.55. The third-order valence-corrected chi connectivity index (χ3v) is 5.81. The molecule has 0 atom stereocenters. The first-order valence-corrected chi connectivity index (χ1v) is 10.7. The molecule has 0 heterocycles. The van der Waals surface area contributed by atoms with Gasteiger partial charge in [0, 0.05) is 29.8 Å². The van der Waals surface area contributed by atoms with Gasteiger partial charge in [-0.05, 0) is 62.9 Å². The van der Waals surface area contributed by atoms with Crippen molar-refractivity contribution in [3.8, 4) is 16.9 Å². The average Bonchev–Trinajstić information content (AvgIpc) is 2.78.